The molecule has 2 heterocycles. The first-order valence-corrected chi connectivity index (χ1v) is 10.3. The maximum absolute atomic E-state index is 12.5. The van der Waals surface area contributed by atoms with E-state index in [1.807, 2.05) is 20.9 Å². The van der Waals surface area contributed by atoms with E-state index in [9.17, 15) is 22.8 Å². The number of amides is 2. The maximum atomic E-state index is 12.5. The monoisotopic (exact) mass is 423 g/mol. The summed E-state index contributed by atoms with van der Waals surface area (Å²) in [5, 5.41) is 5.98. The van der Waals surface area contributed by atoms with Gasteiger partial charge in [-0.15, -0.1) is 0 Å². The zero-order valence-corrected chi connectivity index (χ0v) is 17.6. The molecule has 0 aromatic rings. The van der Waals surface area contributed by atoms with Crippen LogP contribution in [0.25, 0.3) is 0 Å². The fourth-order valence-corrected chi connectivity index (χ4v) is 4.65. The van der Waals surface area contributed by atoms with E-state index in [4.69, 9.17) is 4.74 Å². The summed E-state index contributed by atoms with van der Waals surface area (Å²) >= 11 is 0. The Morgan fingerprint density at radius 2 is 2.14 bits per heavy atom. The minimum Gasteiger partial charge on any atom is -0.363 e. The van der Waals surface area contributed by atoms with Crippen molar-refractivity contribution in [3.05, 3.63) is 0 Å². The van der Waals surface area contributed by atoms with Gasteiger partial charge >= 0.3 is 6.18 Å². The molecule has 0 aromatic heterocycles. The van der Waals surface area contributed by atoms with Crippen LogP contribution in [0, 0.1) is 0 Å². The van der Waals surface area contributed by atoms with Crippen molar-refractivity contribution in [2.24, 2.45) is 0 Å². The molecule has 168 valence electrons. The number of hydrogen-bond acceptors (Lipinski definition) is 4. The van der Waals surface area contributed by atoms with Gasteiger partial charge in [0.05, 0.1) is 32.7 Å². The van der Waals surface area contributed by atoms with E-state index in [-0.39, 0.29) is 37.0 Å². The smallest absolute Gasteiger partial charge is 0.363 e. The van der Waals surface area contributed by atoms with Crippen LogP contribution in [0.3, 0.4) is 0 Å². The first kappa shape index (κ1) is 23.9. The third-order valence-corrected chi connectivity index (χ3v) is 5.91. The zero-order chi connectivity index (χ0) is 21.7. The number of carbonyl (C=O) groups excluding carboxylic acids is 2. The van der Waals surface area contributed by atoms with Crippen LogP contribution in [0.4, 0.5) is 13.2 Å². The van der Waals surface area contributed by atoms with Crippen molar-refractivity contribution < 1.29 is 32.0 Å². The molecule has 29 heavy (non-hydrogen) atoms. The summed E-state index contributed by atoms with van der Waals surface area (Å²) < 4.78 is 43.2. The van der Waals surface area contributed by atoms with Gasteiger partial charge in [-0.1, -0.05) is 6.92 Å². The fraction of sp³-hybridized carbons (Fsp3) is 0.895. The normalized spacial score (nSPS) is 29.6. The number of nitrogens with zero attached hydrogens (tertiary/aromatic N) is 2. The first-order valence-electron chi connectivity index (χ1n) is 10.3. The molecule has 4 unspecified atom stereocenters. The Bertz CT molecular complexity index is 575. The Kier molecular flexibility index (Phi) is 8.30. The van der Waals surface area contributed by atoms with Gasteiger partial charge in [0.2, 0.25) is 11.8 Å². The van der Waals surface area contributed by atoms with Gasteiger partial charge in [-0.25, -0.2) is 0 Å². The molecule has 2 saturated heterocycles. The first-order chi connectivity index (χ1) is 13.5. The summed E-state index contributed by atoms with van der Waals surface area (Å²) in [4.78, 5) is 25.9. The van der Waals surface area contributed by atoms with Gasteiger partial charge < -0.3 is 24.8 Å². The summed E-state index contributed by atoms with van der Waals surface area (Å²) in [6.07, 6.45) is -2.67. The van der Waals surface area contributed by atoms with E-state index in [2.05, 4.69) is 10.6 Å². The summed E-state index contributed by atoms with van der Waals surface area (Å²) in [6.45, 7) is 5.50. The molecule has 0 aliphatic carbocycles. The number of hydrogen-bond donors (Lipinski definition) is 2. The van der Waals surface area contributed by atoms with Crippen molar-refractivity contribution >= 4 is 11.8 Å². The standard InChI is InChI=1S/C19H33F3N4O3/c1-4-9-26(3)12-15(29-13-19(20,21)22)5-6-16(26)14(2)24-17(27)11-25-8-7-23-10-18(25)28/h14-16,23H,4-13H2,1-3H3/p+1. The quantitative estimate of drug-likeness (QED) is 0.569. The number of likely N-dealkylation sites (tertiary alicyclic amines) is 1. The second-order valence-corrected chi connectivity index (χ2v) is 8.43. The predicted molar refractivity (Wildman–Crippen MR) is 102 cm³/mol. The second kappa shape index (κ2) is 10.1. The number of quaternary nitrogens is 1. The van der Waals surface area contributed by atoms with Gasteiger partial charge in [-0.3, -0.25) is 9.59 Å². The van der Waals surface area contributed by atoms with Crippen LogP contribution < -0.4 is 10.6 Å². The molecule has 2 rings (SSSR count). The molecule has 0 bridgehead atoms. The maximum Gasteiger partial charge on any atom is 0.411 e. The van der Waals surface area contributed by atoms with Crippen LogP contribution in [-0.2, 0) is 14.3 Å². The van der Waals surface area contributed by atoms with E-state index in [0.29, 0.717) is 37.0 Å². The molecule has 2 fully saturated rings. The summed E-state index contributed by atoms with van der Waals surface area (Å²) in [5.41, 5.74) is 0. The van der Waals surface area contributed by atoms with Crippen LogP contribution in [0.15, 0.2) is 0 Å². The minimum atomic E-state index is -4.33. The third-order valence-electron chi connectivity index (χ3n) is 5.91. The van der Waals surface area contributed by atoms with Gasteiger partial charge in [0, 0.05) is 19.5 Å². The SMILES string of the molecule is CCC[N+]1(C)CC(OCC(F)(F)F)CCC1C(C)NC(=O)CN1CCNCC1=O. The average Bonchev–Trinajstić information content (AvgIpc) is 2.61. The lowest BCUT2D eigenvalue weighted by atomic mass is 9.91. The highest BCUT2D eigenvalue weighted by Gasteiger charge is 2.44. The summed E-state index contributed by atoms with van der Waals surface area (Å²) in [5.74, 6) is -0.292. The number of halogens is 3. The Morgan fingerprint density at radius 1 is 1.41 bits per heavy atom. The molecule has 2 amide bonds. The Hall–Kier alpha value is -1.39. The molecular formula is C19H34F3N4O3+. The van der Waals surface area contributed by atoms with Gasteiger partial charge in [0.15, 0.2) is 0 Å². The molecule has 2 N–H and O–H groups in total. The lowest BCUT2D eigenvalue weighted by molar-refractivity contribution is -0.942. The van der Waals surface area contributed by atoms with E-state index in [1.54, 1.807) is 4.90 Å². The number of rotatable bonds is 8. The van der Waals surface area contributed by atoms with Crippen LogP contribution >= 0.6 is 0 Å². The number of ether oxygens (including phenoxy) is 1. The predicted octanol–water partition coefficient (Wildman–Crippen LogP) is 0.889. The lowest BCUT2D eigenvalue weighted by Gasteiger charge is -2.49. The molecule has 7 nitrogen and oxygen atoms in total. The van der Waals surface area contributed by atoms with E-state index in [0.717, 1.165) is 13.0 Å². The number of carbonyl (C=O) groups is 2. The van der Waals surface area contributed by atoms with Gasteiger partial charge in [0.1, 0.15) is 25.3 Å². The molecular weight excluding hydrogens is 389 g/mol. The van der Waals surface area contributed by atoms with Crippen LogP contribution in [0.1, 0.15) is 33.1 Å². The van der Waals surface area contributed by atoms with Crippen LogP contribution in [0.2, 0.25) is 0 Å². The van der Waals surface area contributed by atoms with E-state index >= 15 is 0 Å². The Morgan fingerprint density at radius 3 is 2.76 bits per heavy atom. The summed E-state index contributed by atoms with van der Waals surface area (Å²) in [6, 6.07) is -0.0657. The molecule has 2 aliphatic rings. The zero-order valence-electron chi connectivity index (χ0n) is 17.6. The Labute approximate surface area is 170 Å². The highest BCUT2D eigenvalue weighted by Crippen LogP contribution is 2.29. The van der Waals surface area contributed by atoms with Crippen molar-refractivity contribution in [2.75, 3.05) is 52.9 Å². The van der Waals surface area contributed by atoms with Gasteiger partial charge in [-0.05, 0) is 19.8 Å². The number of nitrogens with one attached hydrogen (secondary N) is 2. The van der Waals surface area contributed by atoms with Crippen LogP contribution in [-0.4, -0.2) is 98.5 Å². The minimum absolute atomic E-state index is 0.0341. The van der Waals surface area contributed by atoms with Crippen molar-refractivity contribution in [3.8, 4) is 0 Å². The molecule has 0 saturated carbocycles. The molecule has 0 spiro atoms. The van der Waals surface area contributed by atoms with E-state index in [1.165, 1.54) is 0 Å². The van der Waals surface area contributed by atoms with Crippen molar-refractivity contribution in [2.45, 2.75) is 57.5 Å². The topological polar surface area (TPSA) is 70.7 Å². The van der Waals surface area contributed by atoms with Crippen LogP contribution in [0.5, 0.6) is 0 Å². The lowest BCUT2D eigenvalue weighted by Crippen LogP contribution is -2.66. The molecule has 4 atom stereocenters. The summed E-state index contributed by atoms with van der Waals surface area (Å²) in [7, 11) is 2.03. The third kappa shape index (κ3) is 7.11. The molecule has 0 radical (unpaired) electrons. The largest absolute Gasteiger partial charge is 0.411 e. The number of likely N-dealkylation sites (N-methyl/N-ethyl adjacent to an activating group) is 1. The fourth-order valence-electron chi connectivity index (χ4n) is 4.65. The second-order valence-electron chi connectivity index (χ2n) is 8.43. The Balaban J connectivity index is 1.94. The van der Waals surface area contributed by atoms with Crippen molar-refractivity contribution in [3.63, 3.8) is 0 Å². The molecule has 2 aliphatic heterocycles. The van der Waals surface area contributed by atoms with Crippen molar-refractivity contribution in [1.29, 1.82) is 0 Å². The highest BCUT2D eigenvalue weighted by molar-refractivity contribution is 5.86. The van der Waals surface area contributed by atoms with Gasteiger partial charge in [-0.2, -0.15) is 13.2 Å². The van der Waals surface area contributed by atoms with Crippen molar-refractivity contribution in [1.82, 2.24) is 15.5 Å². The van der Waals surface area contributed by atoms with Gasteiger partial charge in [0.25, 0.3) is 0 Å². The average molecular weight is 424 g/mol. The number of piperidine rings is 1. The number of alkyl halides is 3. The number of piperazine rings is 1. The van der Waals surface area contributed by atoms with E-state index < -0.39 is 18.9 Å². The highest BCUT2D eigenvalue weighted by atomic mass is 19.4. The molecule has 10 heteroatoms. The molecule has 0 aromatic carbocycles.